The SMILES string of the molecule is COc1ccc(N2CCN(c3oc(-c4ccccc4Cl)nc3S(=O)(=O)c3ccc(C)cc3)CC2)cc1. The summed E-state index contributed by atoms with van der Waals surface area (Å²) < 4.78 is 38.8. The molecule has 0 bridgehead atoms. The first-order valence-corrected chi connectivity index (χ1v) is 13.4. The van der Waals surface area contributed by atoms with E-state index < -0.39 is 9.84 Å². The van der Waals surface area contributed by atoms with Crippen LogP contribution in [-0.4, -0.2) is 46.7 Å². The number of sulfone groups is 1. The van der Waals surface area contributed by atoms with Crippen molar-refractivity contribution in [3.63, 3.8) is 0 Å². The summed E-state index contributed by atoms with van der Waals surface area (Å²) in [6.07, 6.45) is 0. The molecule has 1 aliphatic rings. The van der Waals surface area contributed by atoms with Crippen molar-refractivity contribution in [1.82, 2.24) is 4.98 Å². The van der Waals surface area contributed by atoms with Gasteiger partial charge in [0.05, 0.1) is 22.6 Å². The summed E-state index contributed by atoms with van der Waals surface area (Å²) in [5.41, 5.74) is 2.60. The van der Waals surface area contributed by atoms with Crippen molar-refractivity contribution in [3.05, 3.63) is 83.4 Å². The highest BCUT2D eigenvalue weighted by Gasteiger charge is 2.33. The second kappa shape index (κ2) is 9.87. The van der Waals surface area contributed by atoms with E-state index in [0.29, 0.717) is 36.8 Å². The first-order valence-electron chi connectivity index (χ1n) is 11.6. The average Bonchev–Trinajstić information content (AvgIpc) is 3.36. The fourth-order valence-electron chi connectivity index (χ4n) is 4.21. The number of hydrogen-bond donors (Lipinski definition) is 0. The molecule has 1 aromatic heterocycles. The summed E-state index contributed by atoms with van der Waals surface area (Å²) >= 11 is 6.38. The minimum atomic E-state index is -3.93. The maximum absolute atomic E-state index is 13.7. The Labute approximate surface area is 215 Å². The number of aromatic nitrogens is 1. The molecule has 4 aromatic rings. The molecule has 0 radical (unpaired) electrons. The van der Waals surface area contributed by atoms with Crippen molar-refractivity contribution in [2.45, 2.75) is 16.8 Å². The van der Waals surface area contributed by atoms with E-state index in [0.717, 1.165) is 17.0 Å². The van der Waals surface area contributed by atoms with Gasteiger partial charge in [0, 0.05) is 31.9 Å². The number of benzene rings is 3. The third kappa shape index (κ3) is 4.66. The predicted octanol–water partition coefficient (Wildman–Crippen LogP) is 5.47. The lowest BCUT2D eigenvalue weighted by Crippen LogP contribution is -2.46. The zero-order valence-corrected chi connectivity index (χ0v) is 21.6. The Kier molecular flexibility index (Phi) is 6.64. The normalized spacial score (nSPS) is 14.2. The van der Waals surface area contributed by atoms with Gasteiger partial charge in [-0.2, -0.15) is 4.98 Å². The highest BCUT2D eigenvalue weighted by Crippen LogP contribution is 2.37. The minimum absolute atomic E-state index is 0.0980. The Morgan fingerprint density at radius 2 is 1.53 bits per heavy atom. The van der Waals surface area contributed by atoms with E-state index in [1.807, 2.05) is 42.2 Å². The van der Waals surface area contributed by atoms with Gasteiger partial charge in [-0.25, -0.2) is 8.42 Å². The smallest absolute Gasteiger partial charge is 0.236 e. The van der Waals surface area contributed by atoms with Crippen molar-refractivity contribution >= 4 is 33.0 Å². The van der Waals surface area contributed by atoms with Crippen LogP contribution in [0.2, 0.25) is 5.02 Å². The van der Waals surface area contributed by atoms with Gasteiger partial charge in [0.15, 0.2) is 0 Å². The summed E-state index contributed by atoms with van der Waals surface area (Å²) in [4.78, 5) is 8.83. The Balaban J connectivity index is 1.49. The summed E-state index contributed by atoms with van der Waals surface area (Å²) in [7, 11) is -2.28. The standard InChI is InChI=1S/C27H26ClN3O4S/c1-19-7-13-22(14-8-19)36(32,33)26-27(35-25(29-26)23-5-3-4-6-24(23)28)31-17-15-30(16-18-31)20-9-11-21(34-2)12-10-20/h3-14H,15-18H2,1-2H3. The Morgan fingerprint density at radius 3 is 2.17 bits per heavy atom. The van der Waals surface area contributed by atoms with E-state index >= 15 is 0 Å². The molecule has 2 heterocycles. The molecule has 0 N–H and O–H groups in total. The van der Waals surface area contributed by atoms with Crippen molar-refractivity contribution in [3.8, 4) is 17.2 Å². The highest BCUT2D eigenvalue weighted by molar-refractivity contribution is 7.91. The summed E-state index contributed by atoms with van der Waals surface area (Å²) in [6.45, 7) is 4.44. The molecule has 0 aliphatic carbocycles. The molecule has 5 rings (SSSR count). The molecule has 0 saturated carbocycles. The lowest BCUT2D eigenvalue weighted by molar-refractivity contribution is 0.415. The molecular weight excluding hydrogens is 498 g/mol. The van der Waals surface area contributed by atoms with E-state index in [1.54, 1.807) is 49.6 Å². The third-order valence-electron chi connectivity index (χ3n) is 6.27. The van der Waals surface area contributed by atoms with Crippen LogP contribution in [0.25, 0.3) is 11.5 Å². The van der Waals surface area contributed by atoms with Crippen molar-refractivity contribution in [2.24, 2.45) is 0 Å². The van der Waals surface area contributed by atoms with E-state index in [2.05, 4.69) is 9.88 Å². The molecule has 1 saturated heterocycles. The van der Waals surface area contributed by atoms with Crippen LogP contribution in [0, 0.1) is 6.92 Å². The monoisotopic (exact) mass is 523 g/mol. The molecule has 1 aliphatic heterocycles. The number of nitrogens with zero attached hydrogens (tertiary/aromatic N) is 3. The fraction of sp³-hybridized carbons (Fsp3) is 0.222. The van der Waals surface area contributed by atoms with Crippen LogP contribution in [-0.2, 0) is 9.84 Å². The lowest BCUT2D eigenvalue weighted by Gasteiger charge is -2.36. The number of halogens is 1. The second-order valence-electron chi connectivity index (χ2n) is 8.60. The van der Waals surface area contributed by atoms with Crippen LogP contribution >= 0.6 is 11.6 Å². The Bertz CT molecular complexity index is 1460. The summed E-state index contributed by atoms with van der Waals surface area (Å²) in [5, 5.41) is 0.341. The molecule has 3 aromatic carbocycles. The number of rotatable bonds is 6. The maximum Gasteiger partial charge on any atom is 0.236 e. The van der Waals surface area contributed by atoms with E-state index in [1.165, 1.54) is 0 Å². The molecule has 36 heavy (non-hydrogen) atoms. The summed E-state index contributed by atoms with van der Waals surface area (Å²) in [5.74, 6) is 1.22. The molecule has 9 heteroatoms. The van der Waals surface area contributed by atoms with Gasteiger partial charge in [-0.15, -0.1) is 0 Å². The van der Waals surface area contributed by atoms with Gasteiger partial charge >= 0.3 is 0 Å². The maximum atomic E-state index is 13.7. The number of methoxy groups -OCH3 is 1. The second-order valence-corrected chi connectivity index (χ2v) is 10.9. The molecule has 186 valence electrons. The third-order valence-corrected chi connectivity index (χ3v) is 8.27. The van der Waals surface area contributed by atoms with E-state index in [4.69, 9.17) is 20.8 Å². The van der Waals surface area contributed by atoms with Crippen molar-refractivity contribution in [1.29, 1.82) is 0 Å². The molecule has 0 atom stereocenters. The van der Waals surface area contributed by atoms with Gasteiger partial charge in [0.2, 0.25) is 26.6 Å². The van der Waals surface area contributed by atoms with Crippen LogP contribution in [0.4, 0.5) is 11.6 Å². The summed E-state index contributed by atoms with van der Waals surface area (Å²) in [6, 6.07) is 21.7. The quantitative estimate of drug-likeness (QED) is 0.331. The predicted molar refractivity (Wildman–Crippen MR) is 141 cm³/mol. The van der Waals surface area contributed by atoms with Gasteiger partial charge in [0.25, 0.3) is 0 Å². The van der Waals surface area contributed by atoms with E-state index in [-0.39, 0.29) is 21.7 Å². The van der Waals surface area contributed by atoms with Crippen molar-refractivity contribution < 1.29 is 17.6 Å². The minimum Gasteiger partial charge on any atom is -0.497 e. The number of piperazine rings is 1. The zero-order valence-electron chi connectivity index (χ0n) is 20.0. The number of ether oxygens (including phenoxy) is 1. The molecular formula is C27H26ClN3O4S. The molecule has 0 unspecified atom stereocenters. The van der Waals surface area contributed by atoms with Crippen LogP contribution in [0.15, 0.2) is 87.1 Å². The molecule has 7 nitrogen and oxygen atoms in total. The number of oxazole rings is 1. The molecule has 1 fully saturated rings. The van der Waals surface area contributed by atoms with Crippen LogP contribution in [0.5, 0.6) is 5.75 Å². The zero-order chi connectivity index (χ0) is 25.3. The average molecular weight is 524 g/mol. The van der Waals surface area contributed by atoms with Gasteiger partial charge in [-0.3, -0.25) is 0 Å². The van der Waals surface area contributed by atoms with Crippen LogP contribution in [0.1, 0.15) is 5.56 Å². The number of aryl methyl sites for hydroxylation is 1. The first-order chi connectivity index (χ1) is 17.4. The first kappa shape index (κ1) is 24.2. The number of anilines is 2. The largest absolute Gasteiger partial charge is 0.497 e. The Morgan fingerprint density at radius 1 is 0.889 bits per heavy atom. The van der Waals surface area contributed by atoms with Gasteiger partial charge in [-0.1, -0.05) is 41.4 Å². The highest BCUT2D eigenvalue weighted by atomic mass is 35.5. The van der Waals surface area contributed by atoms with Gasteiger partial charge in [0.1, 0.15) is 5.75 Å². The number of hydrogen-bond acceptors (Lipinski definition) is 7. The molecule has 0 spiro atoms. The van der Waals surface area contributed by atoms with Gasteiger partial charge in [-0.05, 0) is 55.5 Å². The van der Waals surface area contributed by atoms with Crippen LogP contribution < -0.4 is 14.5 Å². The van der Waals surface area contributed by atoms with Crippen LogP contribution in [0.3, 0.4) is 0 Å². The van der Waals surface area contributed by atoms with Gasteiger partial charge < -0.3 is 19.0 Å². The lowest BCUT2D eigenvalue weighted by atomic mass is 10.2. The molecule has 0 amide bonds. The van der Waals surface area contributed by atoms with Crippen molar-refractivity contribution in [2.75, 3.05) is 43.1 Å². The van der Waals surface area contributed by atoms with E-state index in [9.17, 15) is 8.42 Å². The fourth-order valence-corrected chi connectivity index (χ4v) is 5.75. The Hall–Kier alpha value is -3.49. The topological polar surface area (TPSA) is 75.9 Å².